The molecule has 196 valence electrons. The molecule has 7 nitrogen and oxygen atoms in total. The number of carbonyl (C=O) groups is 2. The van der Waals surface area contributed by atoms with E-state index in [1.165, 1.54) is 17.4 Å². The number of hydrogen-bond donors (Lipinski definition) is 2. The first-order valence-electron chi connectivity index (χ1n) is 11.5. The van der Waals surface area contributed by atoms with Crippen LogP contribution in [-0.4, -0.2) is 42.1 Å². The minimum Gasteiger partial charge on any atom is -0.378 e. The quantitative estimate of drug-likeness (QED) is 0.319. The van der Waals surface area contributed by atoms with Crippen LogP contribution in [0.4, 0.5) is 24.0 Å². The summed E-state index contributed by atoms with van der Waals surface area (Å²) >= 11 is 1.17. The molecule has 38 heavy (non-hydrogen) atoms. The third kappa shape index (κ3) is 6.74. The fourth-order valence-corrected chi connectivity index (χ4v) is 4.37. The Morgan fingerprint density at radius 1 is 0.947 bits per heavy atom. The zero-order valence-corrected chi connectivity index (χ0v) is 21.3. The van der Waals surface area contributed by atoms with Crippen molar-refractivity contribution in [1.82, 2.24) is 15.5 Å². The van der Waals surface area contributed by atoms with E-state index in [0.29, 0.717) is 5.01 Å². The van der Waals surface area contributed by atoms with Crippen molar-refractivity contribution >= 4 is 34.0 Å². The van der Waals surface area contributed by atoms with Crippen LogP contribution in [0.25, 0.3) is 10.6 Å². The number of rotatable bonds is 8. The summed E-state index contributed by atoms with van der Waals surface area (Å²) in [5.74, 6) is -1.37. The highest BCUT2D eigenvalue weighted by Crippen LogP contribution is 2.30. The molecule has 3 aromatic carbocycles. The molecule has 1 atom stereocenters. The van der Waals surface area contributed by atoms with Crippen LogP contribution in [-0.2, 0) is 17.4 Å². The molecule has 11 heteroatoms. The molecule has 1 heterocycles. The summed E-state index contributed by atoms with van der Waals surface area (Å²) in [5.41, 5.74) is 1.45. The van der Waals surface area contributed by atoms with Gasteiger partial charge in [-0.3, -0.25) is 14.9 Å². The van der Waals surface area contributed by atoms with Crippen LogP contribution in [0.1, 0.15) is 21.5 Å². The molecule has 0 aliphatic rings. The van der Waals surface area contributed by atoms with Crippen LogP contribution in [0.5, 0.6) is 0 Å². The Morgan fingerprint density at radius 2 is 1.66 bits per heavy atom. The second kappa shape index (κ2) is 11.4. The first-order valence-corrected chi connectivity index (χ1v) is 12.4. The maximum Gasteiger partial charge on any atom is 0.416 e. The van der Waals surface area contributed by atoms with Gasteiger partial charge in [0.15, 0.2) is 0 Å². The molecule has 0 aliphatic carbocycles. The SMILES string of the molecule is CN(C)c1ccc(-c2nnc(NC(=O)C(Cc3ccccc3)NC(=O)c3cccc(C(F)(F)F)c3)s2)cc1. The van der Waals surface area contributed by atoms with Gasteiger partial charge in [0.2, 0.25) is 11.0 Å². The van der Waals surface area contributed by atoms with E-state index in [1.54, 1.807) is 24.3 Å². The maximum absolute atomic E-state index is 13.2. The third-order valence-corrected chi connectivity index (χ3v) is 6.53. The predicted molar refractivity (Wildman–Crippen MR) is 141 cm³/mol. The molecular formula is C27H24F3N5O2S. The fourth-order valence-electron chi connectivity index (χ4n) is 3.62. The molecule has 0 aliphatic heterocycles. The largest absolute Gasteiger partial charge is 0.416 e. The zero-order valence-electron chi connectivity index (χ0n) is 20.5. The smallest absolute Gasteiger partial charge is 0.378 e. The number of amides is 2. The van der Waals surface area contributed by atoms with E-state index in [0.717, 1.165) is 35.0 Å². The zero-order chi connectivity index (χ0) is 27.3. The average Bonchev–Trinajstić information content (AvgIpc) is 3.37. The summed E-state index contributed by atoms with van der Waals surface area (Å²) in [6.45, 7) is 0. The molecule has 1 unspecified atom stereocenters. The molecule has 0 bridgehead atoms. The number of anilines is 2. The van der Waals surface area contributed by atoms with Crippen molar-refractivity contribution in [1.29, 1.82) is 0 Å². The monoisotopic (exact) mass is 539 g/mol. The van der Waals surface area contributed by atoms with Crippen LogP contribution in [0.15, 0.2) is 78.9 Å². The van der Waals surface area contributed by atoms with E-state index < -0.39 is 29.6 Å². The highest BCUT2D eigenvalue weighted by molar-refractivity contribution is 7.18. The Kier molecular flexibility index (Phi) is 8.06. The van der Waals surface area contributed by atoms with Gasteiger partial charge in [-0.25, -0.2) is 0 Å². The molecule has 1 aromatic heterocycles. The van der Waals surface area contributed by atoms with Crippen molar-refractivity contribution in [3.05, 3.63) is 95.6 Å². The van der Waals surface area contributed by atoms with Crippen molar-refractivity contribution in [2.24, 2.45) is 0 Å². The van der Waals surface area contributed by atoms with Gasteiger partial charge in [-0.05, 0) is 48.0 Å². The Labute approximate surface area is 221 Å². The summed E-state index contributed by atoms with van der Waals surface area (Å²) in [6.07, 6.45) is -4.48. The Hall–Kier alpha value is -4.25. The molecule has 4 aromatic rings. The lowest BCUT2D eigenvalue weighted by Gasteiger charge is -2.18. The molecule has 4 rings (SSSR count). The lowest BCUT2D eigenvalue weighted by Crippen LogP contribution is -2.45. The van der Waals surface area contributed by atoms with Gasteiger partial charge in [-0.2, -0.15) is 13.2 Å². The van der Waals surface area contributed by atoms with E-state index in [4.69, 9.17) is 0 Å². The van der Waals surface area contributed by atoms with Crippen LogP contribution >= 0.6 is 11.3 Å². The molecule has 2 N–H and O–H groups in total. The van der Waals surface area contributed by atoms with Gasteiger partial charge >= 0.3 is 6.18 Å². The van der Waals surface area contributed by atoms with Crippen molar-refractivity contribution < 1.29 is 22.8 Å². The summed E-state index contributed by atoms with van der Waals surface area (Å²) < 4.78 is 39.4. The average molecular weight is 540 g/mol. The van der Waals surface area contributed by atoms with E-state index in [1.807, 2.05) is 49.3 Å². The molecular weight excluding hydrogens is 515 g/mol. The standard InChI is InChI=1S/C27H24F3N5O2S/c1-35(2)21-13-11-18(12-14-21)25-33-34-26(38-25)32-24(37)22(15-17-7-4-3-5-8-17)31-23(36)19-9-6-10-20(16-19)27(28,29)30/h3-14,16,22H,15H2,1-2H3,(H,31,36)(H,32,34,37). The van der Waals surface area contributed by atoms with Gasteiger partial charge in [-0.15, -0.1) is 10.2 Å². The highest BCUT2D eigenvalue weighted by Gasteiger charge is 2.31. The molecule has 0 saturated heterocycles. The number of alkyl halides is 3. The molecule has 0 radical (unpaired) electrons. The Balaban J connectivity index is 1.52. The first kappa shape index (κ1) is 26.8. The van der Waals surface area contributed by atoms with E-state index >= 15 is 0 Å². The molecule has 2 amide bonds. The maximum atomic E-state index is 13.2. The number of halogens is 3. The third-order valence-electron chi connectivity index (χ3n) is 5.64. The topological polar surface area (TPSA) is 87.2 Å². The normalized spacial score (nSPS) is 12.0. The number of nitrogens with zero attached hydrogens (tertiary/aromatic N) is 3. The van der Waals surface area contributed by atoms with Crippen LogP contribution in [0.2, 0.25) is 0 Å². The lowest BCUT2D eigenvalue weighted by atomic mass is 10.0. The minimum absolute atomic E-state index is 0.120. The van der Waals surface area contributed by atoms with Crippen molar-refractivity contribution in [3.63, 3.8) is 0 Å². The van der Waals surface area contributed by atoms with E-state index in [9.17, 15) is 22.8 Å². The van der Waals surface area contributed by atoms with Crippen molar-refractivity contribution in [3.8, 4) is 10.6 Å². The predicted octanol–water partition coefficient (Wildman–Crippen LogP) is 5.27. The number of hydrogen-bond acceptors (Lipinski definition) is 6. The lowest BCUT2D eigenvalue weighted by molar-refractivity contribution is -0.137. The van der Waals surface area contributed by atoms with Gasteiger partial charge in [-0.1, -0.05) is 47.7 Å². The van der Waals surface area contributed by atoms with Gasteiger partial charge in [0.05, 0.1) is 5.56 Å². The second-order valence-electron chi connectivity index (χ2n) is 8.64. The summed E-state index contributed by atoms with van der Waals surface area (Å²) in [6, 6.07) is 19.6. The van der Waals surface area contributed by atoms with Crippen LogP contribution < -0.4 is 15.5 Å². The number of benzene rings is 3. The van der Waals surface area contributed by atoms with Gasteiger partial charge in [0, 0.05) is 37.3 Å². The minimum atomic E-state index is -4.60. The second-order valence-corrected chi connectivity index (χ2v) is 9.61. The van der Waals surface area contributed by atoms with Gasteiger partial charge < -0.3 is 10.2 Å². The van der Waals surface area contributed by atoms with Gasteiger partial charge in [0.25, 0.3) is 5.91 Å². The Bertz CT molecular complexity index is 1410. The van der Waals surface area contributed by atoms with E-state index in [2.05, 4.69) is 20.8 Å². The first-order chi connectivity index (χ1) is 18.1. The van der Waals surface area contributed by atoms with Crippen molar-refractivity contribution in [2.75, 3.05) is 24.3 Å². The summed E-state index contributed by atoms with van der Waals surface area (Å²) in [7, 11) is 3.87. The van der Waals surface area contributed by atoms with Gasteiger partial charge in [0.1, 0.15) is 11.0 Å². The number of aromatic nitrogens is 2. The molecule has 0 saturated carbocycles. The highest BCUT2D eigenvalue weighted by atomic mass is 32.1. The fraction of sp³-hybridized carbons (Fsp3) is 0.185. The van der Waals surface area contributed by atoms with Crippen LogP contribution in [0, 0.1) is 0 Å². The number of carbonyl (C=O) groups excluding carboxylic acids is 2. The molecule has 0 fully saturated rings. The molecule has 0 spiro atoms. The summed E-state index contributed by atoms with van der Waals surface area (Å²) in [4.78, 5) is 28.0. The van der Waals surface area contributed by atoms with Crippen molar-refractivity contribution in [2.45, 2.75) is 18.6 Å². The summed E-state index contributed by atoms with van der Waals surface area (Å²) in [5, 5.41) is 14.3. The number of nitrogens with one attached hydrogen (secondary N) is 2. The van der Waals surface area contributed by atoms with E-state index in [-0.39, 0.29) is 17.1 Å². The van der Waals surface area contributed by atoms with Crippen LogP contribution in [0.3, 0.4) is 0 Å². The Morgan fingerprint density at radius 3 is 2.32 bits per heavy atom.